The van der Waals surface area contributed by atoms with Crippen molar-refractivity contribution in [1.29, 1.82) is 0 Å². The maximum atomic E-state index is 11.9. The summed E-state index contributed by atoms with van der Waals surface area (Å²) in [4.78, 5) is 14.4. The summed E-state index contributed by atoms with van der Waals surface area (Å²) in [7, 11) is 1.43. The molecule has 0 aromatic carbocycles. The second-order valence-corrected chi connectivity index (χ2v) is 6.25. The van der Waals surface area contributed by atoms with Crippen LogP contribution in [0, 0.1) is 5.92 Å². The molecule has 3 unspecified atom stereocenters. The molecule has 20 heavy (non-hydrogen) atoms. The number of hydrogen-bond acceptors (Lipinski definition) is 5. The molecule has 1 heterocycles. The lowest BCUT2D eigenvalue weighted by Gasteiger charge is -2.30. The molecule has 0 radical (unpaired) electrons. The first-order valence-electron chi connectivity index (χ1n) is 7.77. The number of nitrogens with two attached hydrogens (primary N) is 1. The zero-order chi connectivity index (χ0) is 14.6. The quantitative estimate of drug-likeness (QED) is 0.785. The smallest absolute Gasteiger partial charge is 0.326 e. The Kier molecular flexibility index (Phi) is 5.41. The van der Waals surface area contributed by atoms with Crippen molar-refractivity contribution in [1.82, 2.24) is 4.90 Å². The molecule has 5 heteroatoms. The molecule has 0 aromatic heterocycles. The van der Waals surface area contributed by atoms with E-state index in [2.05, 4.69) is 11.8 Å². The lowest BCUT2D eigenvalue weighted by Crippen LogP contribution is -2.52. The highest BCUT2D eigenvalue weighted by Crippen LogP contribution is 2.37. The fraction of sp³-hybridized carbons (Fsp3) is 0.933. The Morgan fingerprint density at radius 3 is 3.05 bits per heavy atom. The number of nitrogens with zero attached hydrogens (tertiary/aromatic N) is 1. The van der Waals surface area contributed by atoms with Gasteiger partial charge in [0, 0.05) is 19.7 Å². The minimum absolute atomic E-state index is 0.243. The molecule has 3 atom stereocenters. The molecule has 2 rings (SSSR count). The van der Waals surface area contributed by atoms with Gasteiger partial charge in [0.1, 0.15) is 5.54 Å². The second-order valence-electron chi connectivity index (χ2n) is 6.25. The third kappa shape index (κ3) is 3.51. The van der Waals surface area contributed by atoms with E-state index in [0.29, 0.717) is 6.10 Å². The van der Waals surface area contributed by atoms with Crippen LogP contribution in [0.25, 0.3) is 0 Å². The van der Waals surface area contributed by atoms with Gasteiger partial charge in [-0.2, -0.15) is 0 Å². The normalized spacial score (nSPS) is 35.8. The average molecular weight is 284 g/mol. The summed E-state index contributed by atoms with van der Waals surface area (Å²) in [5.41, 5.74) is 5.55. The molecule has 0 amide bonds. The van der Waals surface area contributed by atoms with Crippen LogP contribution in [0.4, 0.5) is 0 Å². The predicted molar refractivity (Wildman–Crippen MR) is 77.4 cm³/mol. The predicted octanol–water partition coefficient (Wildman–Crippen LogP) is 1.16. The Morgan fingerprint density at radius 2 is 2.30 bits per heavy atom. The first kappa shape index (κ1) is 15.7. The van der Waals surface area contributed by atoms with Crippen molar-refractivity contribution in [3.8, 4) is 0 Å². The van der Waals surface area contributed by atoms with E-state index in [9.17, 15) is 4.79 Å². The summed E-state index contributed by atoms with van der Waals surface area (Å²) in [6.45, 7) is 6.02. The molecule has 0 bridgehead atoms. The van der Waals surface area contributed by atoms with E-state index >= 15 is 0 Å². The molecule has 2 fully saturated rings. The van der Waals surface area contributed by atoms with E-state index in [0.717, 1.165) is 58.3 Å². The highest BCUT2D eigenvalue weighted by molar-refractivity contribution is 5.81. The molecule has 2 N–H and O–H groups in total. The van der Waals surface area contributed by atoms with Crippen molar-refractivity contribution >= 4 is 5.97 Å². The summed E-state index contributed by atoms with van der Waals surface area (Å²) < 4.78 is 10.6. The maximum absolute atomic E-state index is 11.9. The Balaban J connectivity index is 1.87. The van der Waals surface area contributed by atoms with E-state index < -0.39 is 5.54 Å². The fourth-order valence-electron chi connectivity index (χ4n) is 3.59. The molecule has 2 aliphatic rings. The SMILES string of the molecule is COC(=O)C1(N)CCCC1CCN1CCCOC(C)C1. The van der Waals surface area contributed by atoms with Crippen LogP contribution >= 0.6 is 0 Å². The maximum Gasteiger partial charge on any atom is 0.326 e. The Morgan fingerprint density at radius 1 is 1.50 bits per heavy atom. The monoisotopic (exact) mass is 284 g/mol. The highest BCUT2D eigenvalue weighted by Gasteiger charge is 2.46. The van der Waals surface area contributed by atoms with Gasteiger partial charge in [0.15, 0.2) is 0 Å². The van der Waals surface area contributed by atoms with Crippen LogP contribution in [0.3, 0.4) is 0 Å². The summed E-state index contributed by atoms with van der Waals surface area (Å²) in [5.74, 6) is 0.00185. The van der Waals surface area contributed by atoms with Gasteiger partial charge in [0.25, 0.3) is 0 Å². The van der Waals surface area contributed by atoms with Gasteiger partial charge in [-0.05, 0) is 45.1 Å². The number of methoxy groups -OCH3 is 1. The van der Waals surface area contributed by atoms with Crippen molar-refractivity contribution in [2.75, 3.05) is 33.4 Å². The van der Waals surface area contributed by atoms with Crippen LogP contribution in [0.2, 0.25) is 0 Å². The average Bonchev–Trinajstić information content (AvgIpc) is 2.68. The van der Waals surface area contributed by atoms with Gasteiger partial charge in [-0.1, -0.05) is 6.42 Å². The van der Waals surface area contributed by atoms with Crippen LogP contribution in [0.15, 0.2) is 0 Å². The number of rotatable bonds is 4. The summed E-state index contributed by atoms with van der Waals surface area (Å²) >= 11 is 0. The second kappa shape index (κ2) is 6.87. The molecule has 1 aliphatic carbocycles. The summed E-state index contributed by atoms with van der Waals surface area (Å²) in [6.07, 6.45) is 5.16. The van der Waals surface area contributed by atoms with Crippen molar-refractivity contribution < 1.29 is 14.3 Å². The standard InChI is InChI=1S/C15H28N2O3/c1-12-11-17(8-4-10-20-12)9-6-13-5-3-7-15(13,16)14(18)19-2/h12-13H,3-11,16H2,1-2H3. The van der Waals surface area contributed by atoms with Crippen LogP contribution in [0.1, 0.15) is 39.0 Å². The molecular weight excluding hydrogens is 256 g/mol. The minimum Gasteiger partial charge on any atom is -0.468 e. The number of esters is 1. The van der Waals surface area contributed by atoms with Gasteiger partial charge >= 0.3 is 5.97 Å². The van der Waals surface area contributed by atoms with Crippen LogP contribution < -0.4 is 5.73 Å². The van der Waals surface area contributed by atoms with Gasteiger partial charge in [0.05, 0.1) is 13.2 Å². The Bertz CT molecular complexity index is 337. The zero-order valence-corrected chi connectivity index (χ0v) is 12.8. The Labute approximate surface area is 121 Å². The lowest BCUT2D eigenvalue weighted by molar-refractivity contribution is -0.148. The number of carbonyl (C=O) groups excluding carboxylic acids is 1. The largest absolute Gasteiger partial charge is 0.468 e. The summed E-state index contributed by atoms with van der Waals surface area (Å²) in [5, 5.41) is 0. The van der Waals surface area contributed by atoms with Crippen molar-refractivity contribution in [3.05, 3.63) is 0 Å². The van der Waals surface area contributed by atoms with Crippen LogP contribution in [-0.2, 0) is 14.3 Å². The van der Waals surface area contributed by atoms with Gasteiger partial charge in [-0.3, -0.25) is 4.79 Å². The van der Waals surface area contributed by atoms with Gasteiger partial charge in [-0.25, -0.2) is 0 Å². The first-order chi connectivity index (χ1) is 9.56. The molecule has 1 saturated carbocycles. The van der Waals surface area contributed by atoms with Crippen molar-refractivity contribution in [2.45, 2.75) is 50.7 Å². The highest BCUT2D eigenvalue weighted by atomic mass is 16.5. The molecule has 1 aliphatic heterocycles. The Hall–Kier alpha value is -0.650. The molecule has 1 saturated heterocycles. The van der Waals surface area contributed by atoms with Crippen molar-refractivity contribution in [2.24, 2.45) is 11.7 Å². The third-order valence-corrected chi connectivity index (χ3v) is 4.77. The lowest BCUT2D eigenvalue weighted by atomic mass is 9.85. The molecular formula is C15H28N2O3. The third-order valence-electron chi connectivity index (χ3n) is 4.77. The van der Waals surface area contributed by atoms with E-state index in [-0.39, 0.29) is 11.9 Å². The molecule has 116 valence electrons. The number of carbonyl (C=O) groups is 1. The fourth-order valence-corrected chi connectivity index (χ4v) is 3.59. The number of ether oxygens (including phenoxy) is 2. The topological polar surface area (TPSA) is 64.8 Å². The molecule has 5 nitrogen and oxygen atoms in total. The summed E-state index contributed by atoms with van der Waals surface area (Å²) in [6, 6.07) is 0. The van der Waals surface area contributed by atoms with E-state index in [1.54, 1.807) is 0 Å². The van der Waals surface area contributed by atoms with E-state index in [1.165, 1.54) is 7.11 Å². The van der Waals surface area contributed by atoms with Gasteiger partial charge < -0.3 is 20.1 Å². The van der Waals surface area contributed by atoms with E-state index in [4.69, 9.17) is 15.2 Å². The van der Waals surface area contributed by atoms with Crippen molar-refractivity contribution in [3.63, 3.8) is 0 Å². The van der Waals surface area contributed by atoms with Crippen LogP contribution in [-0.4, -0.2) is 55.9 Å². The van der Waals surface area contributed by atoms with Gasteiger partial charge in [-0.15, -0.1) is 0 Å². The minimum atomic E-state index is -0.761. The van der Waals surface area contributed by atoms with Crippen LogP contribution in [0.5, 0.6) is 0 Å². The first-order valence-corrected chi connectivity index (χ1v) is 7.77. The zero-order valence-electron chi connectivity index (χ0n) is 12.8. The van der Waals surface area contributed by atoms with E-state index in [1.807, 2.05) is 0 Å². The molecule has 0 spiro atoms. The molecule has 0 aromatic rings. The number of hydrogen-bond donors (Lipinski definition) is 1. The van der Waals surface area contributed by atoms with Gasteiger partial charge in [0.2, 0.25) is 0 Å².